The van der Waals surface area contributed by atoms with E-state index in [2.05, 4.69) is 26.1 Å². The highest BCUT2D eigenvalue weighted by molar-refractivity contribution is 9.10. The highest BCUT2D eigenvalue weighted by Crippen LogP contribution is 2.30. The van der Waals surface area contributed by atoms with Gasteiger partial charge in [0, 0.05) is 48.9 Å². The van der Waals surface area contributed by atoms with Gasteiger partial charge in [0.1, 0.15) is 5.82 Å². The van der Waals surface area contributed by atoms with Crippen LogP contribution < -0.4 is 5.32 Å². The molecule has 1 aromatic rings. The van der Waals surface area contributed by atoms with Crippen molar-refractivity contribution in [1.82, 2.24) is 10.2 Å². The molecule has 0 aromatic heterocycles. The van der Waals surface area contributed by atoms with E-state index >= 15 is 0 Å². The summed E-state index contributed by atoms with van der Waals surface area (Å²) in [5.74, 6) is -0.153. The average Bonchev–Trinajstić information content (AvgIpc) is 2.41. The molecule has 1 aliphatic heterocycles. The Labute approximate surface area is 121 Å². The van der Waals surface area contributed by atoms with E-state index < -0.39 is 0 Å². The Hall–Kier alpha value is -0.490. The standard InChI is InChI=1S/C14H20BrFN2O/c1-10-8-11(15)9-12(14(10)16)13(2-7-19)18-5-3-17-4-6-18/h8-9,13,17,19H,2-7H2,1H3/t13-/m1/s1. The second kappa shape index (κ2) is 6.79. The van der Waals surface area contributed by atoms with Crippen molar-refractivity contribution in [3.8, 4) is 0 Å². The zero-order chi connectivity index (χ0) is 13.8. The molecular formula is C14H20BrFN2O. The van der Waals surface area contributed by atoms with Gasteiger partial charge in [-0.1, -0.05) is 15.9 Å². The summed E-state index contributed by atoms with van der Waals surface area (Å²) in [5.41, 5.74) is 1.32. The van der Waals surface area contributed by atoms with E-state index in [0.717, 1.165) is 30.7 Å². The summed E-state index contributed by atoms with van der Waals surface area (Å²) >= 11 is 3.43. The van der Waals surface area contributed by atoms with Gasteiger partial charge in [-0.3, -0.25) is 4.90 Å². The van der Waals surface area contributed by atoms with E-state index in [0.29, 0.717) is 17.5 Å². The number of piperazine rings is 1. The lowest BCUT2D eigenvalue weighted by molar-refractivity contribution is 0.138. The highest BCUT2D eigenvalue weighted by atomic mass is 79.9. The molecule has 0 bridgehead atoms. The molecular weight excluding hydrogens is 311 g/mol. The van der Waals surface area contributed by atoms with Crippen LogP contribution in [0.2, 0.25) is 0 Å². The van der Waals surface area contributed by atoms with Gasteiger partial charge in [-0.25, -0.2) is 4.39 Å². The molecule has 1 fully saturated rings. The van der Waals surface area contributed by atoms with Crippen molar-refractivity contribution in [2.24, 2.45) is 0 Å². The SMILES string of the molecule is Cc1cc(Br)cc([C@@H](CCO)N2CCNCC2)c1F. The van der Waals surface area contributed by atoms with Crippen LogP contribution in [0.15, 0.2) is 16.6 Å². The smallest absolute Gasteiger partial charge is 0.130 e. The predicted molar refractivity (Wildman–Crippen MR) is 77.7 cm³/mol. The van der Waals surface area contributed by atoms with Gasteiger partial charge in [-0.15, -0.1) is 0 Å². The molecule has 0 unspecified atom stereocenters. The summed E-state index contributed by atoms with van der Waals surface area (Å²) < 4.78 is 15.3. The lowest BCUT2D eigenvalue weighted by Crippen LogP contribution is -2.45. The molecule has 3 nitrogen and oxygen atoms in total. The third-order valence-electron chi connectivity index (χ3n) is 3.60. The summed E-state index contributed by atoms with van der Waals surface area (Å²) in [6, 6.07) is 3.57. The van der Waals surface area contributed by atoms with Gasteiger partial charge in [-0.05, 0) is 31.0 Å². The van der Waals surface area contributed by atoms with Crippen molar-refractivity contribution in [3.05, 3.63) is 33.5 Å². The largest absolute Gasteiger partial charge is 0.396 e. The van der Waals surface area contributed by atoms with Gasteiger partial charge >= 0.3 is 0 Å². The fourth-order valence-corrected chi connectivity index (χ4v) is 3.23. The first-order chi connectivity index (χ1) is 9.13. The molecule has 1 aliphatic rings. The molecule has 0 saturated carbocycles. The summed E-state index contributed by atoms with van der Waals surface area (Å²) in [4.78, 5) is 2.25. The minimum Gasteiger partial charge on any atom is -0.396 e. The number of halogens is 2. The van der Waals surface area contributed by atoms with Crippen molar-refractivity contribution in [3.63, 3.8) is 0 Å². The van der Waals surface area contributed by atoms with Crippen LogP contribution in [0, 0.1) is 12.7 Å². The van der Waals surface area contributed by atoms with Gasteiger partial charge < -0.3 is 10.4 Å². The first-order valence-electron chi connectivity index (χ1n) is 6.64. The number of aliphatic hydroxyl groups is 1. The molecule has 1 saturated heterocycles. The van der Waals surface area contributed by atoms with Crippen molar-refractivity contribution >= 4 is 15.9 Å². The first kappa shape index (κ1) is 14.9. The molecule has 2 N–H and O–H groups in total. The van der Waals surface area contributed by atoms with Crippen LogP contribution >= 0.6 is 15.9 Å². The van der Waals surface area contributed by atoms with E-state index in [-0.39, 0.29) is 18.5 Å². The third kappa shape index (κ3) is 3.54. The number of aliphatic hydroxyl groups excluding tert-OH is 1. The van der Waals surface area contributed by atoms with Crippen LogP contribution in [-0.4, -0.2) is 42.8 Å². The summed E-state index contributed by atoms with van der Waals surface area (Å²) in [7, 11) is 0. The summed E-state index contributed by atoms with van der Waals surface area (Å²) in [6.07, 6.45) is 0.562. The predicted octanol–water partition coefficient (Wildman–Crippen LogP) is 2.23. The molecule has 1 heterocycles. The Balaban J connectivity index is 2.32. The minimum absolute atomic E-state index is 0.0525. The number of benzene rings is 1. The molecule has 0 aliphatic carbocycles. The Morgan fingerprint density at radius 2 is 2.11 bits per heavy atom. The molecule has 5 heteroatoms. The molecule has 1 aromatic carbocycles. The third-order valence-corrected chi connectivity index (χ3v) is 4.06. The molecule has 0 spiro atoms. The minimum atomic E-state index is -0.153. The van der Waals surface area contributed by atoms with E-state index in [4.69, 9.17) is 0 Å². The van der Waals surface area contributed by atoms with Gasteiger partial charge in [0.05, 0.1) is 0 Å². The van der Waals surface area contributed by atoms with Crippen LogP contribution in [0.4, 0.5) is 4.39 Å². The van der Waals surface area contributed by atoms with Crippen LogP contribution in [0.1, 0.15) is 23.6 Å². The van der Waals surface area contributed by atoms with Gasteiger partial charge in [0.15, 0.2) is 0 Å². The van der Waals surface area contributed by atoms with Crippen LogP contribution in [0.25, 0.3) is 0 Å². The van der Waals surface area contributed by atoms with Crippen LogP contribution in [-0.2, 0) is 0 Å². The van der Waals surface area contributed by atoms with Gasteiger partial charge in [0.25, 0.3) is 0 Å². The zero-order valence-electron chi connectivity index (χ0n) is 11.1. The average molecular weight is 331 g/mol. The van der Waals surface area contributed by atoms with Crippen molar-refractivity contribution in [1.29, 1.82) is 0 Å². The topological polar surface area (TPSA) is 35.5 Å². The zero-order valence-corrected chi connectivity index (χ0v) is 12.7. The lowest BCUT2D eigenvalue weighted by atomic mass is 9.99. The fourth-order valence-electron chi connectivity index (χ4n) is 2.64. The van der Waals surface area contributed by atoms with E-state index in [9.17, 15) is 9.50 Å². The highest BCUT2D eigenvalue weighted by Gasteiger charge is 2.25. The normalized spacial score (nSPS) is 18.5. The fraction of sp³-hybridized carbons (Fsp3) is 0.571. The number of rotatable bonds is 4. The maximum absolute atomic E-state index is 14.4. The molecule has 0 radical (unpaired) electrons. The first-order valence-corrected chi connectivity index (χ1v) is 7.44. The molecule has 2 rings (SSSR count). The van der Waals surface area contributed by atoms with Crippen LogP contribution in [0.3, 0.4) is 0 Å². The van der Waals surface area contributed by atoms with E-state index in [1.807, 2.05) is 6.07 Å². The van der Waals surface area contributed by atoms with Crippen LogP contribution in [0.5, 0.6) is 0 Å². The molecule has 1 atom stereocenters. The molecule has 106 valence electrons. The Bertz CT molecular complexity index is 436. The lowest BCUT2D eigenvalue weighted by Gasteiger charge is -2.35. The van der Waals surface area contributed by atoms with E-state index in [1.54, 1.807) is 13.0 Å². The number of nitrogens with zero attached hydrogens (tertiary/aromatic N) is 1. The maximum Gasteiger partial charge on any atom is 0.130 e. The van der Waals surface area contributed by atoms with Gasteiger partial charge in [0.2, 0.25) is 0 Å². The van der Waals surface area contributed by atoms with Crippen molar-refractivity contribution in [2.45, 2.75) is 19.4 Å². The second-order valence-corrected chi connectivity index (χ2v) is 5.86. The quantitative estimate of drug-likeness (QED) is 0.888. The molecule has 0 amide bonds. The van der Waals surface area contributed by atoms with Gasteiger partial charge in [-0.2, -0.15) is 0 Å². The van der Waals surface area contributed by atoms with Crippen molar-refractivity contribution < 1.29 is 9.50 Å². The maximum atomic E-state index is 14.4. The number of nitrogens with one attached hydrogen (secondary N) is 1. The Kier molecular flexibility index (Phi) is 5.33. The number of aryl methyl sites for hydroxylation is 1. The number of hydrogen-bond acceptors (Lipinski definition) is 3. The summed E-state index contributed by atoms with van der Waals surface area (Å²) in [6.45, 7) is 5.44. The Morgan fingerprint density at radius 1 is 1.42 bits per heavy atom. The molecule has 19 heavy (non-hydrogen) atoms. The summed E-state index contributed by atoms with van der Waals surface area (Å²) in [5, 5.41) is 12.6. The van der Waals surface area contributed by atoms with E-state index in [1.165, 1.54) is 0 Å². The Morgan fingerprint density at radius 3 is 2.74 bits per heavy atom. The van der Waals surface area contributed by atoms with Crippen molar-refractivity contribution in [2.75, 3.05) is 32.8 Å². The second-order valence-electron chi connectivity index (χ2n) is 4.94. The number of hydrogen-bond donors (Lipinski definition) is 2. The monoisotopic (exact) mass is 330 g/mol.